The molecule has 0 atom stereocenters. The van der Waals surface area contributed by atoms with Crippen molar-refractivity contribution in [1.82, 2.24) is 15.5 Å². The van der Waals surface area contributed by atoms with Crippen LogP contribution in [0.15, 0.2) is 36.4 Å². The Kier molecular flexibility index (Phi) is 4.60. The summed E-state index contributed by atoms with van der Waals surface area (Å²) in [5.74, 6) is -0.793. The molecule has 0 unspecified atom stereocenters. The fraction of sp³-hybridized carbons (Fsp3) is 0.214. The standard InChI is InChI=1S/C14H14FN3O2/c1-10-6-7-11(18-17-10)8-16-14(19)9-20-13-5-3-2-4-12(13)15/h2-7H,8-9H2,1H3,(H,16,19). The van der Waals surface area contributed by atoms with Gasteiger partial charge in [0.2, 0.25) is 0 Å². The summed E-state index contributed by atoms with van der Waals surface area (Å²) in [4.78, 5) is 11.6. The van der Waals surface area contributed by atoms with E-state index in [9.17, 15) is 9.18 Å². The van der Waals surface area contributed by atoms with Crippen molar-refractivity contribution in [3.63, 3.8) is 0 Å². The maximum absolute atomic E-state index is 13.3. The number of aromatic nitrogens is 2. The number of rotatable bonds is 5. The van der Waals surface area contributed by atoms with Crippen LogP contribution in [0.5, 0.6) is 5.75 Å². The second-order valence-electron chi connectivity index (χ2n) is 4.16. The van der Waals surface area contributed by atoms with E-state index in [0.29, 0.717) is 5.69 Å². The number of benzene rings is 1. The molecule has 2 rings (SSSR count). The highest BCUT2D eigenvalue weighted by atomic mass is 19.1. The van der Waals surface area contributed by atoms with Gasteiger partial charge < -0.3 is 10.1 Å². The molecule has 0 saturated carbocycles. The predicted octanol–water partition coefficient (Wildman–Crippen LogP) is 1.62. The van der Waals surface area contributed by atoms with Crippen LogP contribution in [0.4, 0.5) is 4.39 Å². The first-order chi connectivity index (χ1) is 9.65. The summed E-state index contributed by atoms with van der Waals surface area (Å²) in [5, 5.41) is 10.4. The molecular weight excluding hydrogens is 261 g/mol. The molecule has 0 radical (unpaired) electrons. The molecular formula is C14H14FN3O2. The molecule has 1 aromatic heterocycles. The minimum atomic E-state index is -0.496. The summed E-state index contributed by atoms with van der Waals surface area (Å²) in [5.41, 5.74) is 1.46. The Balaban J connectivity index is 1.78. The molecule has 20 heavy (non-hydrogen) atoms. The van der Waals surface area contributed by atoms with Crippen molar-refractivity contribution in [3.05, 3.63) is 53.6 Å². The minimum Gasteiger partial charge on any atom is -0.481 e. The van der Waals surface area contributed by atoms with E-state index < -0.39 is 5.82 Å². The fourth-order valence-corrected chi connectivity index (χ4v) is 1.47. The number of hydrogen-bond donors (Lipinski definition) is 1. The molecule has 0 spiro atoms. The second kappa shape index (κ2) is 6.60. The Morgan fingerprint density at radius 3 is 2.75 bits per heavy atom. The molecule has 0 aliphatic carbocycles. The van der Waals surface area contributed by atoms with Gasteiger partial charge in [-0.15, -0.1) is 0 Å². The van der Waals surface area contributed by atoms with Crippen molar-refractivity contribution >= 4 is 5.91 Å². The van der Waals surface area contributed by atoms with Crippen molar-refractivity contribution < 1.29 is 13.9 Å². The zero-order valence-corrected chi connectivity index (χ0v) is 11.0. The van der Waals surface area contributed by atoms with Gasteiger partial charge in [-0.3, -0.25) is 4.79 Å². The van der Waals surface area contributed by atoms with Crippen LogP contribution in [0, 0.1) is 12.7 Å². The molecule has 104 valence electrons. The third-order valence-corrected chi connectivity index (χ3v) is 2.52. The number of carbonyl (C=O) groups excluding carboxylic acids is 1. The summed E-state index contributed by atoms with van der Waals surface area (Å²) >= 11 is 0. The van der Waals surface area contributed by atoms with Gasteiger partial charge in [-0.25, -0.2) is 4.39 Å². The van der Waals surface area contributed by atoms with Crippen LogP contribution < -0.4 is 10.1 Å². The third-order valence-electron chi connectivity index (χ3n) is 2.52. The van der Waals surface area contributed by atoms with Crippen LogP contribution in [0.2, 0.25) is 0 Å². The number of nitrogens with zero attached hydrogens (tertiary/aromatic N) is 2. The van der Waals surface area contributed by atoms with Gasteiger partial charge in [0, 0.05) is 0 Å². The summed E-state index contributed by atoms with van der Waals surface area (Å²) in [6.07, 6.45) is 0. The number of aryl methyl sites for hydroxylation is 1. The van der Waals surface area contributed by atoms with Crippen LogP contribution in [-0.2, 0) is 11.3 Å². The molecule has 0 bridgehead atoms. The number of halogens is 1. The van der Waals surface area contributed by atoms with Gasteiger partial charge in [0.1, 0.15) is 0 Å². The highest BCUT2D eigenvalue weighted by Gasteiger charge is 2.06. The number of para-hydroxylation sites is 1. The first-order valence-electron chi connectivity index (χ1n) is 6.08. The highest BCUT2D eigenvalue weighted by molar-refractivity contribution is 5.77. The van der Waals surface area contributed by atoms with E-state index in [0.717, 1.165) is 5.69 Å². The maximum Gasteiger partial charge on any atom is 0.258 e. The van der Waals surface area contributed by atoms with E-state index >= 15 is 0 Å². The molecule has 0 aliphatic rings. The van der Waals surface area contributed by atoms with Gasteiger partial charge in [-0.1, -0.05) is 12.1 Å². The Morgan fingerprint density at radius 1 is 1.25 bits per heavy atom. The summed E-state index contributed by atoms with van der Waals surface area (Å²) < 4.78 is 18.3. The molecule has 0 saturated heterocycles. The molecule has 1 heterocycles. The SMILES string of the molecule is Cc1ccc(CNC(=O)COc2ccccc2F)nn1. The zero-order valence-electron chi connectivity index (χ0n) is 11.0. The minimum absolute atomic E-state index is 0.0535. The molecule has 2 aromatic rings. The molecule has 1 aromatic carbocycles. The topological polar surface area (TPSA) is 64.1 Å². The van der Waals surface area contributed by atoms with Crippen molar-refractivity contribution in [3.8, 4) is 5.75 Å². The van der Waals surface area contributed by atoms with Gasteiger partial charge >= 0.3 is 0 Å². The number of ether oxygens (including phenoxy) is 1. The van der Waals surface area contributed by atoms with Crippen LogP contribution >= 0.6 is 0 Å². The molecule has 6 heteroatoms. The van der Waals surface area contributed by atoms with Gasteiger partial charge in [-0.05, 0) is 31.2 Å². The molecule has 1 amide bonds. The smallest absolute Gasteiger partial charge is 0.258 e. The number of amides is 1. The van der Waals surface area contributed by atoms with Crippen molar-refractivity contribution in [2.45, 2.75) is 13.5 Å². The molecule has 5 nitrogen and oxygen atoms in total. The van der Waals surface area contributed by atoms with E-state index in [2.05, 4.69) is 15.5 Å². The number of nitrogens with one attached hydrogen (secondary N) is 1. The van der Waals surface area contributed by atoms with Gasteiger partial charge in [0.15, 0.2) is 18.2 Å². The van der Waals surface area contributed by atoms with E-state index in [-0.39, 0.29) is 24.8 Å². The summed E-state index contributed by atoms with van der Waals surface area (Å²) in [7, 11) is 0. The lowest BCUT2D eigenvalue weighted by atomic mass is 10.3. The lowest BCUT2D eigenvalue weighted by molar-refractivity contribution is -0.123. The second-order valence-corrected chi connectivity index (χ2v) is 4.16. The van der Waals surface area contributed by atoms with E-state index in [1.807, 2.05) is 13.0 Å². The van der Waals surface area contributed by atoms with Crippen LogP contribution in [0.1, 0.15) is 11.4 Å². The van der Waals surface area contributed by atoms with E-state index in [1.54, 1.807) is 18.2 Å². The van der Waals surface area contributed by atoms with Crippen molar-refractivity contribution in [2.24, 2.45) is 0 Å². The Hall–Kier alpha value is -2.50. The summed E-state index contributed by atoms with van der Waals surface area (Å²) in [6.45, 7) is 1.84. The average molecular weight is 275 g/mol. The number of hydrogen-bond acceptors (Lipinski definition) is 4. The normalized spacial score (nSPS) is 10.1. The van der Waals surface area contributed by atoms with Gasteiger partial charge in [0.25, 0.3) is 5.91 Å². The third kappa shape index (κ3) is 4.01. The van der Waals surface area contributed by atoms with Gasteiger partial charge in [0.05, 0.1) is 17.9 Å². The van der Waals surface area contributed by atoms with E-state index in [4.69, 9.17) is 4.74 Å². The Bertz CT molecular complexity index is 587. The first kappa shape index (κ1) is 13.9. The Morgan fingerprint density at radius 2 is 2.05 bits per heavy atom. The maximum atomic E-state index is 13.3. The monoisotopic (exact) mass is 275 g/mol. The highest BCUT2D eigenvalue weighted by Crippen LogP contribution is 2.14. The van der Waals surface area contributed by atoms with Crippen molar-refractivity contribution in [2.75, 3.05) is 6.61 Å². The van der Waals surface area contributed by atoms with Crippen molar-refractivity contribution in [1.29, 1.82) is 0 Å². The zero-order chi connectivity index (χ0) is 14.4. The quantitative estimate of drug-likeness (QED) is 0.900. The van der Waals surface area contributed by atoms with Crippen LogP contribution in [-0.4, -0.2) is 22.7 Å². The van der Waals surface area contributed by atoms with E-state index in [1.165, 1.54) is 12.1 Å². The lowest BCUT2D eigenvalue weighted by Crippen LogP contribution is -2.29. The van der Waals surface area contributed by atoms with Gasteiger partial charge in [-0.2, -0.15) is 10.2 Å². The average Bonchev–Trinajstić information content (AvgIpc) is 2.46. The molecule has 1 N–H and O–H groups in total. The number of carbonyl (C=O) groups is 1. The van der Waals surface area contributed by atoms with Crippen LogP contribution in [0.3, 0.4) is 0 Å². The molecule has 0 fully saturated rings. The largest absolute Gasteiger partial charge is 0.481 e. The Labute approximate surface area is 115 Å². The van der Waals surface area contributed by atoms with Crippen LogP contribution in [0.25, 0.3) is 0 Å². The first-order valence-corrected chi connectivity index (χ1v) is 6.08. The lowest BCUT2D eigenvalue weighted by Gasteiger charge is -2.07. The molecule has 0 aliphatic heterocycles. The predicted molar refractivity (Wildman–Crippen MR) is 70.5 cm³/mol. The fourth-order valence-electron chi connectivity index (χ4n) is 1.47. The summed E-state index contributed by atoms with van der Waals surface area (Å²) in [6, 6.07) is 9.52.